The third-order valence-corrected chi connectivity index (χ3v) is 14.4. The highest BCUT2D eigenvalue weighted by atomic mass is 32.7. The Bertz CT molecular complexity index is 2820. The number of hydrogen-bond donors (Lipinski definition) is 8. The molecule has 2 bridgehead atoms. The number of aliphatic hydroxyl groups is 2. The molecule has 31 nitrogen and oxygen atoms in total. The molecule has 3 fully saturated rings. The number of anilines is 2. The Morgan fingerprint density at radius 1 is 0.740 bits per heavy atom. The van der Waals surface area contributed by atoms with Gasteiger partial charge in [0.1, 0.15) is 43.0 Å². The Labute approximate surface area is 422 Å². The van der Waals surface area contributed by atoms with Gasteiger partial charge >= 0.3 is 13.6 Å². The van der Waals surface area contributed by atoms with E-state index >= 15 is 0 Å². The van der Waals surface area contributed by atoms with E-state index in [1.165, 1.54) is 15.5 Å². The second kappa shape index (κ2) is 24.3. The first-order valence-corrected chi connectivity index (χ1v) is 27.7. The smallest absolute Gasteiger partial charge is 0.386 e. The summed E-state index contributed by atoms with van der Waals surface area (Å²) in [6.45, 7) is -8.11. The predicted molar refractivity (Wildman–Crippen MR) is 253 cm³/mol. The molecule has 8 heterocycles. The number of hydrogen-bond acceptors (Lipinski definition) is 25. The van der Waals surface area contributed by atoms with Crippen molar-refractivity contribution >= 4 is 95.8 Å². The number of imide groups is 1. The number of nitrogen functional groups attached to an aromatic ring is 1. The van der Waals surface area contributed by atoms with Crippen molar-refractivity contribution in [2.75, 3.05) is 90.2 Å². The number of fused-ring (bicyclic) bond motifs is 5. The second-order valence-corrected chi connectivity index (χ2v) is 21.9. The van der Waals surface area contributed by atoms with E-state index in [0.29, 0.717) is 13.2 Å². The number of aromatic nitrogens is 8. The van der Waals surface area contributed by atoms with Crippen molar-refractivity contribution in [3.8, 4) is 0 Å². The van der Waals surface area contributed by atoms with E-state index in [0.717, 1.165) is 29.7 Å². The third-order valence-electron chi connectivity index (χ3n) is 11.2. The van der Waals surface area contributed by atoms with Gasteiger partial charge in [-0.3, -0.25) is 61.1 Å². The summed E-state index contributed by atoms with van der Waals surface area (Å²) < 4.78 is 86.6. The molecular weight excluding hydrogens is 1050 g/mol. The minimum absolute atomic E-state index is 0.00527. The summed E-state index contributed by atoms with van der Waals surface area (Å²) in [5.41, 5.74) is 5.05. The van der Waals surface area contributed by atoms with Crippen LogP contribution in [0.1, 0.15) is 25.3 Å². The zero-order valence-electron chi connectivity index (χ0n) is 38.2. The summed E-state index contributed by atoms with van der Waals surface area (Å²) >= 11 is 8.23. The molecule has 8 rings (SSSR count). The lowest BCUT2D eigenvalue weighted by atomic mass is 10.1. The Balaban J connectivity index is 0.768. The standard InChI is InChI=1S/C38H50N12O19P2S2/c39-38-46-34-27(35(57)47-38)44-19-50(34)36-29(56)30-21(67-36)16-65-71(59,73)69-31-28(55)20(15-64-70(58,72)68-30)66-37(31)49-18-43-26-32(41-17-42-33(26)49)45-23(52)4-7-60-9-11-62-13-14-63-12-10-61-8-5-40-22(51)3-6-48-24(53)1-2-25(48)54/h1-2,17-21,28-31,36-37,55-56H,3-16H2,(H,40,51)(H,58,72)(H,59,73)(H3,39,46,47,57)(H,41,42,45,52)/t20-,21-,28?,29?,30?,31?,36-,37-,70?,71?/m1/s1. The van der Waals surface area contributed by atoms with Gasteiger partial charge in [-0.05, 0) is 0 Å². The van der Waals surface area contributed by atoms with E-state index in [1.807, 2.05) is 0 Å². The van der Waals surface area contributed by atoms with E-state index in [-0.39, 0.29) is 106 Å². The van der Waals surface area contributed by atoms with Gasteiger partial charge < -0.3 is 55.0 Å². The van der Waals surface area contributed by atoms with Gasteiger partial charge in [0.15, 0.2) is 40.6 Å². The number of nitrogens with two attached hydrogens (primary N) is 1. The highest BCUT2D eigenvalue weighted by Gasteiger charge is 2.53. The lowest BCUT2D eigenvalue weighted by Gasteiger charge is -2.26. The molecule has 35 heteroatoms. The van der Waals surface area contributed by atoms with Crippen molar-refractivity contribution in [2.45, 2.75) is 61.9 Å². The normalized spacial score (nSPS) is 28.6. The van der Waals surface area contributed by atoms with Crippen LogP contribution in [0.3, 0.4) is 0 Å². The first kappa shape index (κ1) is 54.5. The van der Waals surface area contributed by atoms with Gasteiger partial charge in [-0.2, -0.15) is 4.98 Å². The lowest BCUT2D eigenvalue weighted by Crippen LogP contribution is -2.36. The van der Waals surface area contributed by atoms with Crippen molar-refractivity contribution in [2.24, 2.45) is 0 Å². The summed E-state index contributed by atoms with van der Waals surface area (Å²) in [5.74, 6) is -1.89. The number of carbonyl (C=O) groups is 4. The predicted octanol–water partition coefficient (Wildman–Crippen LogP) is -1.22. The zero-order valence-corrected chi connectivity index (χ0v) is 41.8. The third kappa shape index (κ3) is 13.5. The number of ether oxygens (including phenoxy) is 6. The van der Waals surface area contributed by atoms with Crippen molar-refractivity contribution < 1.29 is 85.0 Å². The number of nitrogens with one attached hydrogen (secondary N) is 3. The molecule has 0 aromatic carbocycles. The average molecular weight is 1100 g/mol. The van der Waals surface area contributed by atoms with E-state index in [9.17, 15) is 43.3 Å². The fourth-order valence-electron chi connectivity index (χ4n) is 7.71. The first-order chi connectivity index (χ1) is 35.0. The number of H-pyrrole nitrogens is 1. The van der Waals surface area contributed by atoms with Crippen LogP contribution in [0.2, 0.25) is 0 Å². The van der Waals surface area contributed by atoms with Crippen LogP contribution in [0.25, 0.3) is 22.3 Å². The van der Waals surface area contributed by atoms with Crippen molar-refractivity contribution in [1.29, 1.82) is 0 Å². The maximum Gasteiger partial charge on any atom is 0.386 e. The van der Waals surface area contributed by atoms with Crippen molar-refractivity contribution in [1.82, 2.24) is 49.3 Å². The Morgan fingerprint density at radius 2 is 1.33 bits per heavy atom. The number of aliphatic hydroxyl groups excluding tert-OH is 2. The fourth-order valence-corrected chi connectivity index (χ4v) is 10.7. The van der Waals surface area contributed by atoms with Gasteiger partial charge in [-0.1, -0.05) is 24.5 Å². The van der Waals surface area contributed by atoms with Crippen LogP contribution in [0.15, 0.2) is 35.9 Å². The number of rotatable bonds is 21. The van der Waals surface area contributed by atoms with Gasteiger partial charge in [0.05, 0.1) is 85.1 Å². The van der Waals surface area contributed by atoms with Crippen LogP contribution >= 0.6 is 38.1 Å². The molecule has 4 aliphatic rings. The Kier molecular flexibility index (Phi) is 18.1. The highest BCUT2D eigenvalue weighted by Crippen LogP contribution is 2.60. The molecule has 7 N–H and O–H groups in total. The van der Waals surface area contributed by atoms with Gasteiger partial charge in [0.2, 0.25) is 17.8 Å². The molecule has 4 aromatic heterocycles. The van der Waals surface area contributed by atoms with Crippen molar-refractivity contribution in [3.05, 3.63) is 41.5 Å². The molecular formula is C38H50N12O19P2S2. The molecule has 4 aromatic rings. The van der Waals surface area contributed by atoms with E-state index in [1.54, 1.807) is 0 Å². The van der Waals surface area contributed by atoms with Crippen LogP contribution in [-0.4, -0.2) is 194 Å². The maximum atomic E-state index is 13.9. The van der Waals surface area contributed by atoms with Crippen LogP contribution < -0.4 is 21.9 Å². The summed E-state index contributed by atoms with van der Waals surface area (Å²) in [5, 5.41) is 28.2. The van der Waals surface area contributed by atoms with Crippen molar-refractivity contribution in [3.63, 3.8) is 0 Å². The minimum atomic E-state index is -4.50. The summed E-state index contributed by atoms with van der Waals surface area (Å²) in [4.78, 5) is 84.5. The average Bonchev–Trinajstić information content (AvgIpc) is 4.17. The number of aromatic amines is 1. The zero-order chi connectivity index (χ0) is 51.9. The molecule has 0 radical (unpaired) electrons. The molecule has 4 amide bonds. The molecule has 4 aliphatic heterocycles. The molecule has 0 saturated carbocycles. The molecule has 6 unspecified atom stereocenters. The molecule has 0 aliphatic carbocycles. The quantitative estimate of drug-likeness (QED) is 0.0210. The second-order valence-electron chi connectivity index (χ2n) is 16.1. The van der Waals surface area contributed by atoms with E-state index in [4.69, 9.17) is 52.2 Å². The number of imidazole rings is 2. The number of thiol groups is 2. The first-order valence-electron chi connectivity index (χ1n) is 22.3. The molecule has 10 atom stereocenters. The largest absolute Gasteiger partial charge is 0.387 e. The number of carbonyl (C=O) groups excluding carboxylic acids is 4. The van der Waals surface area contributed by atoms with Crippen LogP contribution in [-0.2, 0) is 74.8 Å². The van der Waals surface area contributed by atoms with Crippen LogP contribution in [0.4, 0.5) is 11.8 Å². The van der Waals surface area contributed by atoms with Gasteiger partial charge in [-0.25, -0.2) is 29.1 Å². The minimum Gasteiger partial charge on any atom is -0.387 e. The van der Waals surface area contributed by atoms with E-state index < -0.39 is 99.2 Å². The number of nitrogens with zero attached hydrogens (tertiary/aromatic N) is 8. The SMILES string of the molecule is Nc1nc2c(ncn2[C@@H]2O[C@@H]3COP(=O)(S)OC4C(O)[C@@H](COP(=O)(S)OC3C2O)O[C@H]4n2cnc3c(NC(=O)CCOCCOCCOCCOCCNC(=O)CCN4C(=O)C=CC4=O)ncnc32)c(=O)[nH]1. The molecule has 398 valence electrons. The summed E-state index contributed by atoms with van der Waals surface area (Å²) in [6, 6.07) is 0. The van der Waals surface area contributed by atoms with Gasteiger partial charge in [0, 0.05) is 31.7 Å². The Morgan fingerprint density at radius 3 is 2.01 bits per heavy atom. The van der Waals surface area contributed by atoms with Crippen LogP contribution in [0, 0.1) is 0 Å². The molecule has 0 spiro atoms. The monoisotopic (exact) mass is 1100 g/mol. The lowest BCUT2D eigenvalue weighted by molar-refractivity contribution is -0.137. The van der Waals surface area contributed by atoms with Gasteiger partial charge in [0.25, 0.3) is 17.4 Å². The molecule has 3 saturated heterocycles. The Hall–Kier alpha value is -4.80. The van der Waals surface area contributed by atoms with Gasteiger partial charge in [-0.15, -0.1) is 0 Å². The summed E-state index contributed by atoms with van der Waals surface area (Å²) in [7, 11) is 0. The molecule has 73 heavy (non-hydrogen) atoms. The highest BCUT2D eigenvalue weighted by molar-refractivity contribution is 8.44. The van der Waals surface area contributed by atoms with E-state index in [2.05, 4.69) is 65.0 Å². The van der Waals surface area contributed by atoms with Crippen LogP contribution in [0.5, 0.6) is 0 Å². The summed E-state index contributed by atoms with van der Waals surface area (Å²) in [6.07, 6.45) is -6.04. The maximum absolute atomic E-state index is 13.9. The number of amides is 4. The topological polar surface area (TPSA) is 396 Å². The fraction of sp³-hybridized carbons (Fsp3) is 0.579.